The van der Waals surface area contributed by atoms with Crippen molar-refractivity contribution >= 4 is 11.7 Å². The molecule has 0 saturated heterocycles. The molecule has 0 saturated carbocycles. The van der Waals surface area contributed by atoms with Crippen LogP contribution >= 0.6 is 0 Å². The largest absolute Gasteiger partial charge is 0.332 e. The second-order valence-corrected chi connectivity index (χ2v) is 5.30. The van der Waals surface area contributed by atoms with E-state index < -0.39 is 5.97 Å². The molecule has 24 heavy (non-hydrogen) atoms. The minimum absolute atomic E-state index is 0.444. The van der Waals surface area contributed by atoms with Gasteiger partial charge in [0, 0.05) is 18.1 Å². The van der Waals surface area contributed by atoms with Gasteiger partial charge in [0.05, 0.1) is 0 Å². The Kier molecular flexibility index (Phi) is 4.82. The molecule has 3 rings (SSSR count). The van der Waals surface area contributed by atoms with Crippen LogP contribution in [-0.4, -0.2) is 11.7 Å². The molecule has 0 aliphatic rings. The van der Waals surface area contributed by atoms with Crippen LogP contribution < -0.4 is 0 Å². The van der Waals surface area contributed by atoms with Gasteiger partial charge in [-0.25, -0.2) is 4.79 Å². The number of carbonyl (C=O) groups is 1. The molecule has 3 aromatic rings. The lowest BCUT2D eigenvalue weighted by atomic mass is 9.93. The van der Waals surface area contributed by atoms with Gasteiger partial charge in [-0.1, -0.05) is 90.1 Å². The molecule has 3 nitrogen and oxygen atoms in total. The molecule has 0 aliphatic heterocycles. The third-order valence-corrected chi connectivity index (χ3v) is 3.58. The third kappa shape index (κ3) is 3.58. The molecule has 0 fully saturated rings. The van der Waals surface area contributed by atoms with Crippen LogP contribution in [0.15, 0.2) is 90.1 Å². The van der Waals surface area contributed by atoms with E-state index in [1.165, 1.54) is 6.92 Å². The summed E-state index contributed by atoms with van der Waals surface area (Å²) in [5.74, 6) is -0.444. The monoisotopic (exact) mass is 315 g/mol. The maximum Gasteiger partial charge on any atom is 0.332 e. The fourth-order valence-electron chi connectivity index (χ4n) is 2.52. The maximum absolute atomic E-state index is 11.2. The molecule has 0 radical (unpaired) electrons. The molecule has 0 aromatic heterocycles. The van der Waals surface area contributed by atoms with Crippen LogP contribution in [0.2, 0.25) is 0 Å². The van der Waals surface area contributed by atoms with Gasteiger partial charge in [-0.15, -0.1) is 0 Å². The molecule has 3 heteroatoms. The highest BCUT2D eigenvalue weighted by molar-refractivity contribution is 6.16. The normalized spacial score (nSPS) is 11.1. The van der Waals surface area contributed by atoms with Crippen molar-refractivity contribution in [2.45, 2.75) is 6.92 Å². The number of oxime groups is 1. The lowest BCUT2D eigenvalue weighted by Crippen LogP contribution is -2.07. The number of rotatable bonds is 4. The van der Waals surface area contributed by atoms with E-state index in [1.807, 2.05) is 84.9 Å². The van der Waals surface area contributed by atoms with Crippen LogP contribution in [0, 0.1) is 0 Å². The number of carbonyl (C=O) groups excluding carboxylic acids is 1. The van der Waals surface area contributed by atoms with Gasteiger partial charge >= 0.3 is 5.97 Å². The molecular formula is C21H17NO2. The summed E-state index contributed by atoms with van der Waals surface area (Å²) in [4.78, 5) is 16.2. The van der Waals surface area contributed by atoms with Gasteiger partial charge in [-0.3, -0.25) is 0 Å². The van der Waals surface area contributed by atoms with Crippen molar-refractivity contribution < 1.29 is 9.63 Å². The van der Waals surface area contributed by atoms with Crippen molar-refractivity contribution in [3.8, 4) is 11.1 Å². The highest BCUT2D eigenvalue weighted by Crippen LogP contribution is 2.26. The smallest absolute Gasteiger partial charge is 0.318 e. The van der Waals surface area contributed by atoms with Crippen molar-refractivity contribution in [1.82, 2.24) is 0 Å². The Morgan fingerprint density at radius 2 is 1.38 bits per heavy atom. The lowest BCUT2D eigenvalue weighted by Gasteiger charge is -2.12. The number of benzene rings is 3. The molecule has 0 atom stereocenters. The topological polar surface area (TPSA) is 38.7 Å². The van der Waals surface area contributed by atoms with E-state index in [-0.39, 0.29) is 0 Å². The van der Waals surface area contributed by atoms with Gasteiger partial charge in [0.15, 0.2) is 0 Å². The minimum Gasteiger partial charge on any atom is -0.318 e. The summed E-state index contributed by atoms with van der Waals surface area (Å²) in [5, 5.41) is 4.12. The van der Waals surface area contributed by atoms with Crippen molar-refractivity contribution in [2.24, 2.45) is 5.16 Å². The van der Waals surface area contributed by atoms with Crippen molar-refractivity contribution in [3.05, 3.63) is 96.1 Å². The maximum atomic E-state index is 11.2. The quantitative estimate of drug-likeness (QED) is 0.399. The molecule has 0 spiro atoms. The van der Waals surface area contributed by atoms with Crippen LogP contribution in [0.1, 0.15) is 18.1 Å². The van der Waals surface area contributed by atoms with Crippen molar-refractivity contribution in [2.75, 3.05) is 0 Å². The molecule has 3 aromatic carbocycles. The summed E-state index contributed by atoms with van der Waals surface area (Å²) in [6.45, 7) is 1.34. The summed E-state index contributed by atoms with van der Waals surface area (Å²) in [7, 11) is 0. The molecule has 0 amide bonds. The Bertz CT molecular complexity index is 855. The molecule has 0 bridgehead atoms. The van der Waals surface area contributed by atoms with Gasteiger partial charge in [-0.2, -0.15) is 0 Å². The van der Waals surface area contributed by atoms with Crippen LogP contribution in [-0.2, 0) is 9.63 Å². The molecule has 118 valence electrons. The number of nitrogens with zero attached hydrogens (tertiary/aromatic N) is 1. The zero-order valence-corrected chi connectivity index (χ0v) is 13.3. The first-order valence-electron chi connectivity index (χ1n) is 7.71. The van der Waals surface area contributed by atoms with Crippen LogP contribution in [0.5, 0.6) is 0 Å². The average molecular weight is 315 g/mol. The highest BCUT2D eigenvalue weighted by atomic mass is 16.7. The first-order valence-corrected chi connectivity index (χ1v) is 7.71. The summed E-state index contributed by atoms with van der Waals surface area (Å²) in [6.07, 6.45) is 0. The first kappa shape index (κ1) is 15.7. The summed E-state index contributed by atoms with van der Waals surface area (Å²) in [5.41, 5.74) is 4.55. The zero-order chi connectivity index (χ0) is 16.8. The fourth-order valence-corrected chi connectivity index (χ4v) is 2.52. The van der Waals surface area contributed by atoms with E-state index in [4.69, 9.17) is 4.84 Å². The van der Waals surface area contributed by atoms with E-state index in [2.05, 4.69) is 5.16 Å². The van der Waals surface area contributed by atoms with E-state index in [0.717, 1.165) is 22.3 Å². The summed E-state index contributed by atoms with van der Waals surface area (Å²) in [6, 6.07) is 27.7. The van der Waals surface area contributed by atoms with Gasteiger partial charge in [0.25, 0.3) is 0 Å². The van der Waals surface area contributed by atoms with Gasteiger partial charge < -0.3 is 4.84 Å². The first-order chi connectivity index (χ1) is 11.8. The van der Waals surface area contributed by atoms with E-state index in [0.29, 0.717) is 5.71 Å². The second kappa shape index (κ2) is 7.38. The van der Waals surface area contributed by atoms with Gasteiger partial charge in [0.1, 0.15) is 5.71 Å². The van der Waals surface area contributed by atoms with Crippen molar-refractivity contribution in [3.63, 3.8) is 0 Å². The Morgan fingerprint density at radius 1 is 0.792 bits per heavy atom. The molecule has 0 N–H and O–H groups in total. The third-order valence-electron chi connectivity index (χ3n) is 3.58. The average Bonchev–Trinajstić information content (AvgIpc) is 2.64. The van der Waals surface area contributed by atoms with Crippen LogP contribution in [0.4, 0.5) is 0 Å². The predicted molar refractivity (Wildman–Crippen MR) is 95.7 cm³/mol. The summed E-state index contributed by atoms with van der Waals surface area (Å²) < 4.78 is 0. The Hall–Kier alpha value is -3.20. The SMILES string of the molecule is CC(=O)O/N=C(\c1ccccc1)c1ccccc1-c1ccccc1. The number of hydrogen-bond acceptors (Lipinski definition) is 3. The Labute approximate surface area is 141 Å². The standard InChI is InChI=1S/C21H17NO2/c1-16(23)24-22-21(18-12-6-3-7-13-18)20-15-9-8-14-19(20)17-10-4-2-5-11-17/h2-15H,1H3/b22-21+. The van der Waals surface area contributed by atoms with Crippen LogP contribution in [0.25, 0.3) is 11.1 Å². The zero-order valence-electron chi connectivity index (χ0n) is 13.3. The van der Waals surface area contributed by atoms with Crippen molar-refractivity contribution in [1.29, 1.82) is 0 Å². The lowest BCUT2D eigenvalue weighted by molar-refractivity contribution is -0.140. The highest BCUT2D eigenvalue weighted by Gasteiger charge is 2.14. The van der Waals surface area contributed by atoms with Gasteiger partial charge in [-0.05, 0) is 11.1 Å². The van der Waals surface area contributed by atoms with E-state index >= 15 is 0 Å². The summed E-state index contributed by atoms with van der Waals surface area (Å²) >= 11 is 0. The minimum atomic E-state index is -0.444. The molecular weight excluding hydrogens is 298 g/mol. The Balaban J connectivity index is 2.16. The fraction of sp³-hybridized carbons (Fsp3) is 0.0476. The molecule has 0 heterocycles. The molecule has 0 aliphatic carbocycles. The van der Waals surface area contributed by atoms with Gasteiger partial charge in [0.2, 0.25) is 0 Å². The Morgan fingerprint density at radius 3 is 2.04 bits per heavy atom. The van der Waals surface area contributed by atoms with E-state index in [9.17, 15) is 4.79 Å². The predicted octanol–water partition coefficient (Wildman–Crippen LogP) is 4.67. The second-order valence-electron chi connectivity index (χ2n) is 5.30. The van der Waals surface area contributed by atoms with E-state index in [1.54, 1.807) is 0 Å². The number of hydrogen-bond donors (Lipinski definition) is 0. The molecule has 0 unspecified atom stereocenters. The van der Waals surface area contributed by atoms with Crippen LogP contribution in [0.3, 0.4) is 0 Å².